The van der Waals surface area contributed by atoms with Gasteiger partial charge in [-0.15, -0.1) is 0 Å². The van der Waals surface area contributed by atoms with E-state index in [9.17, 15) is 0 Å². The lowest BCUT2D eigenvalue weighted by Gasteiger charge is -2.09. The van der Waals surface area contributed by atoms with E-state index in [4.69, 9.17) is 9.40 Å². The molecule has 0 fully saturated rings. The van der Waals surface area contributed by atoms with Crippen molar-refractivity contribution in [3.8, 4) is 17.1 Å². The minimum absolute atomic E-state index is 0.589. The minimum Gasteiger partial charge on any atom is -0.432 e. The molecule has 3 aromatic heterocycles. The Hall–Kier alpha value is -3.79. The first kappa shape index (κ1) is 14.4. The zero-order valence-corrected chi connectivity index (χ0v) is 14.4. The third-order valence-electron chi connectivity index (χ3n) is 5.08. The SMILES string of the molecule is c1ccc(-c2nc3occn3c2-n2c3ccccc3c3ccccc32)cc1. The van der Waals surface area contributed by atoms with Crippen LogP contribution in [0.15, 0.2) is 95.7 Å². The van der Waals surface area contributed by atoms with Crippen molar-refractivity contribution >= 4 is 27.6 Å². The molecular formula is C23H15N3O. The number of nitrogens with zero attached hydrogens (tertiary/aromatic N) is 3. The van der Waals surface area contributed by atoms with E-state index >= 15 is 0 Å². The molecule has 3 aromatic carbocycles. The summed E-state index contributed by atoms with van der Waals surface area (Å²) in [6, 6.07) is 27.2. The highest BCUT2D eigenvalue weighted by Gasteiger charge is 2.21. The van der Waals surface area contributed by atoms with Gasteiger partial charge in [0.1, 0.15) is 12.0 Å². The fourth-order valence-corrected chi connectivity index (χ4v) is 3.93. The molecule has 6 aromatic rings. The first-order valence-electron chi connectivity index (χ1n) is 8.91. The van der Waals surface area contributed by atoms with Crippen molar-refractivity contribution in [1.82, 2.24) is 14.0 Å². The van der Waals surface area contributed by atoms with Gasteiger partial charge in [-0.05, 0) is 12.1 Å². The molecule has 27 heavy (non-hydrogen) atoms. The molecule has 128 valence electrons. The van der Waals surface area contributed by atoms with Crippen LogP contribution >= 0.6 is 0 Å². The maximum atomic E-state index is 5.62. The summed E-state index contributed by atoms with van der Waals surface area (Å²) in [5.74, 6) is 1.58. The maximum Gasteiger partial charge on any atom is 0.308 e. The molecule has 0 unspecified atom stereocenters. The van der Waals surface area contributed by atoms with Crippen LogP contribution in [0.1, 0.15) is 0 Å². The van der Waals surface area contributed by atoms with Gasteiger partial charge in [0.15, 0.2) is 5.82 Å². The molecule has 0 radical (unpaired) electrons. The molecule has 0 N–H and O–H groups in total. The highest BCUT2D eigenvalue weighted by Crippen LogP contribution is 2.36. The van der Waals surface area contributed by atoms with Gasteiger partial charge in [0, 0.05) is 16.3 Å². The molecule has 3 heterocycles. The molecule has 0 saturated heterocycles. The topological polar surface area (TPSA) is 35.4 Å². The predicted molar refractivity (Wildman–Crippen MR) is 107 cm³/mol. The van der Waals surface area contributed by atoms with Gasteiger partial charge in [-0.1, -0.05) is 66.7 Å². The van der Waals surface area contributed by atoms with E-state index in [2.05, 4.69) is 65.2 Å². The Kier molecular flexibility index (Phi) is 2.85. The van der Waals surface area contributed by atoms with E-state index in [0.29, 0.717) is 5.84 Å². The molecule has 0 aliphatic rings. The van der Waals surface area contributed by atoms with Crippen molar-refractivity contribution in [2.24, 2.45) is 0 Å². The molecule has 0 spiro atoms. The number of imidazole rings is 1. The van der Waals surface area contributed by atoms with E-state index in [1.165, 1.54) is 10.8 Å². The third kappa shape index (κ3) is 1.95. The van der Waals surface area contributed by atoms with Crippen molar-refractivity contribution in [3.05, 3.63) is 91.3 Å². The Morgan fingerprint density at radius 3 is 2.04 bits per heavy atom. The van der Waals surface area contributed by atoms with Crippen LogP contribution in [0.25, 0.3) is 44.7 Å². The Balaban J connectivity index is 1.83. The number of hydrogen-bond donors (Lipinski definition) is 0. The van der Waals surface area contributed by atoms with E-state index in [-0.39, 0.29) is 0 Å². The molecule has 0 saturated carbocycles. The second-order valence-corrected chi connectivity index (χ2v) is 6.58. The summed E-state index contributed by atoms with van der Waals surface area (Å²) in [6.45, 7) is 0. The van der Waals surface area contributed by atoms with Crippen molar-refractivity contribution < 1.29 is 4.42 Å². The maximum absolute atomic E-state index is 5.62. The summed E-state index contributed by atoms with van der Waals surface area (Å²) in [5, 5.41) is 2.45. The zero-order chi connectivity index (χ0) is 17.8. The Bertz CT molecular complexity index is 1370. The van der Waals surface area contributed by atoms with Gasteiger partial charge in [0.25, 0.3) is 0 Å². The Morgan fingerprint density at radius 2 is 1.33 bits per heavy atom. The van der Waals surface area contributed by atoms with Gasteiger partial charge in [0.05, 0.1) is 17.2 Å². The number of fused-ring (bicyclic) bond motifs is 4. The third-order valence-corrected chi connectivity index (χ3v) is 5.08. The van der Waals surface area contributed by atoms with Crippen LogP contribution < -0.4 is 0 Å². The molecule has 0 aliphatic carbocycles. The van der Waals surface area contributed by atoms with E-state index in [0.717, 1.165) is 28.1 Å². The molecular weight excluding hydrogens is 334 g/mol. The lowest BCUT2D eigenvalue weighted by atomic mass is 10.1. The molecule has 0 aliphatic heterocycles. The van der Waals surface area contributed by atoms with E-state index in [1.807, 2.05) is 28.8 Å². The highest BCUT2D eigenvalue weighted by atomic mass is 16.3. The second kappa shape index (κ2) is 5.35. The number of para-hydroxylation sites is 2. The molecule has 0 bridgehead atoms. The number of rotatable bonds is 2. The zero-order valence-electron chi connectivity index (χ0n) is 14.4. The normalized spacial score (nSPS) is 11.7. The van der Waals surface area contributed by atoms with Gasteiger partial charge in [-0.2, -0.15) is 4.98 Å². The average molecular weight is 349 g/mol. The fourth-order valence-electron chi connectivity index (χ4n) is 3.93. The lowest BCUT2D eigenvalue weighted by Crippen LogP contribution is -1.99. The van der Waals surface area contributed by atoms with Crippen LogP contribution in [0.4, 0.5) is 0 Å². The minimum atomic E-state index is 0.589. The number of oxazole rings is 1. The summed E-state index contributed by atoms with van der Waals surface area (Å²) in [7, 11) is 0. The van der Waals surface area contributed by atoms with Crippen molar-refractivity contribution in [1.29, 1.82) is 0 Å². The fraction of sp³-hybridized carbons (Fsp3) is 0. The number of benzene rings is 3. The van der Waals surface area contributed by atoms with Gasteiger partial charge in [-0.25, -0.2) is 0 Å². The summed E-state index contributed by atoms with van der Waals surface area (Å²) in [5.41, 5.74) is 4.27. The Morgan fingerprint density at radius 1 is 0.704 bits per heavy atom. The quantitative estimate of drug-likeness (QED) is 0.402. The molecule has 0 atom stereocenters. The van der Waals surface area contributed by atoms with Gasteiger partial charge in [0.2, 0.25) is 0 Å². The predicted octanol–water partition coefficient (Wildman–Crippen LogP) is 5.69. The van der Waals surface area contributed by atoms with Crippen LogP contribution in [0.2, 0.25) is 0 Å². The van der Waals surface area contributed by atoms with Crippen LogP contribution in [-0.4, -0.2) is 14.0 Å². The molecule has 4 heteroatoms. The lowest BCUT2D eigenvalue weighted by molar-refractivity contribution is 0.596. The number of hydrogen-bond acceptors (Lipinski definition) is 2. The van der Waals surface area contributed by atoms with Crippen LogP contribution in [0.3, 0.4) is 0 Å². The first-order chi connectivity index (χ1) is 13.4. The van der Waals surface area contributed by atoms with Crippen molar-refractivity contribution in [2.45, 2.75) is 0 Å². The van der Waals surface area contributed by atoms with Gasteiger partial charge < -0.3 is 4.42 Å². The van der Waals surface area contributed by atoms with Crippen LogP contribution in [0.5, 0.6) is 0 Å². The molecule has 6 rings (SSSR count). The molecule has 4 nitrogen and oxygen atoms in total. The smallest absolute Gasteiger partial charge is 0.308 e. The molecule has 0 amide bonds. The van der Waals surface area contributed by atoms with Crippen LogP contribution in [-0.2, 0) is 0 Å². The average Bonchev–Trinajstić information content (AvgIpc) is 3.40. The number of aromatic nitrogens is 3. The van der Waals surface area contributed by atoms with E-state index in [1.54, 1.807) is 6.26 Å². The van der Waals surface area contributed by atoms with Crippen molar-refractivity contribution in [3.63, 3.8) is 0 Å². The highest BCUT2D eigenvalue weighted by molar-refractivity contribution is 6.09. The summed E-state index contributed by atoms with van der Waals surface area (Å²) in [6.07, 6.45) is 3.60. The standard InChI is InChI=1S/C23H15N3O/c1-2-8-16(9-3-1)21-22(25-14-15-27-23(25)24-21)26-19-12-6-4-10-17(19)18-11-5-7-13-20(18)26/h1-15H. The first-order valence-corrected chi connectivity index (χ1v) is 8.91. The van der Waals surface area contributed by atoms with E-state index < -0.39 is 0 Å². The summed E-state index contributed by atoms with van der Waals surface area (Å²) in [4.78, 5) is 4.79. The largest absolute Gasteiger partial charge is 0.432 e. The van der Waals surface area contributed by atoms with Gasteiger partial charge in [-0.3, -0.25) is 8.97 Å². The second-order valence-electron chi connectivity index (χ2n) is 6.58. The summed E-state index contributed by atoms with van der Waals surface area (Å²) >= 11 is 0. The van der Waals surface area contributed by atoms with Crippen LogP contribution in [0, 0.1) is 0 Å². The van der Waals surface area contributed by atoms with Gasteiger partial charge >= 0.3 is 5.84 Å². The monoisotopic (exact) mass is 349 g/mol. The van der Waals surface area contributed by atoms with Crippen molar-refractivity contribution in [2.75, 3.05) is 0 Å². The summed E-state index contributed by atoms with van der Waals surface area (Å²) < 4.78 is 9.92. The Labute approximate surface area is 154 Å².